The highest BCUT2D eigenvalue weighted by molar-refractivity contribution is 6.09. The second-order valence-corrected chi connectivity index (χ2v) is 22.1. The van der Waals surface area contributed by atoms with Crippen LogP contribution in [0.15, 0.2) is 253 Å². The zero-order valence-electron chi connectivity index (χ0n) is 43.0. The van der Waals surface area contributed by atoms with Crippen molar-refractivity contribution in [2.45, 2.75) is 38.5 Å². The molecular weight excluding hydrogens is 919 g/mol. The summed E-state index contributed by atoms with van der Waals surface area (Å²) >= 11 is 0. The van der Waals surface area contributed by atoms with Crippen molar-refractivity contribution in [1.29, 1.82) is 0 Å². The molecule has 0 amide bonds. The Balaban J connectivity index is 0.831. The van der Waals surface area contributed by atoms with Crippen molar-refractivity contribution in [2.24, 2.45) is 0 Å². The van der Waals surface area contributed by atoms with Crippen LogP contribution < -0.4 is 4.90 Å². The molecule has 0 saturated carbocycles. The number of rotatable bonds is 7. The summed E-state index contributed by atoms with van der Waals surface area (Å²) < 4.78 is 6.46. The van der Waals surface area contributed by atoms with Gasteiger partial charge < -0.3 is 9.32 Å². The van der Waals surface area contributed by atoms with Crippen LogP contribution in [0.25, 0.3) is 110 Å². The van der Waals surface area contributed by atoms with Crippen molar-refractivity contribution in [1.82, 2.24) is 0 Å². The highest BCUT2D eigenvalue weighted by atomic mass is 16.3. The number of anilines is 3. The molecule has 2 aliphatic carbocycles. The summed E-state index contributed by atoms with van der Waals surface area (Å²) in [6, 6.07) is 92.3. The van der Waals surface area contributed by atoms with Gasteiger partial charge in [-0.1, -0.05) is 210 Å². The average molecular weight is 972 g/mol. The van der Waals surface area contributed by atoms with Crippen LogP contribution in [0.4, 0.5) is 17.1 Å². The van der Waals surface area contributed by atoms with E-state index in [0.29, 0.717) is 0 Å². The minimum absolute atomic E-state index is 0.236. The molecule has 1 aromatic heterocycles. The Morgan fingerprint density at radius 1 is 0.276 bits per heavy atom. The fourth-order valence-corrected chi connectivity index (χ4v) is 12.9. The number of nitrogens with zero attached hydrogens (tertiary/aromatic N) is 1. The molecule has 2 heteroatoms. The van der Waals surface area contributed by atoms with Gasteiger partial charge in [0.1, 0.15) is 11.2 Å². The minimum atomic E-state index is -0.236. The lowest BCUT2D eigenvalue weighted by Gasteiger charge is -2.30. The Hall–Kier alpha value is -9.24. The monoisotopic (exact) mass is 971 g/mol. The fraction of sp³-hybridized carbons (Fsp3) is 0.0811. The second kappa shape index (κ2) is 16.6. The van der Waals surface area contributed by atoms with Crippen molar-refractivity contribution in [3.8, 4) is 66.8 Å². The third-order valence-corrected chi connectivity index (χ3v) is 17.0. The lowest BCUT2D eigenvalue weighted by atomic mass is 9.81. The molecule has 0 spiro atoms. The van der Waals surface area contributed by atoms with E-state index < -0.39 is 0 Å². The van der Waals surface area contributed by atoms with Gasteiger partial charge in [-0.15, -0.1) is 0 Å². The topological polar surface area (TPSA) is 16.4 Å². The maximum absolute atomic E-state index is 6.46. The molecule has 2 aliphatic rings. The van der Waals surface area contributed by atoms with Crippen molar-refractivity contribution >= 4 is 60.5 Å². The summed E-state index contributed by atoms with van der Waals surface area (Å²) in [5, 5.41) is 7.32. The van der Waals surface area contributed by atoms with E-state index in [1.165, 1.54) is 88.3 Å². The molecule has 1 heterocycles. The van der Waals surface area contributed by atoms with Crippen LogP contribution in [-0.2, 0) is 10.8 Å². The number of hydrogen-bond acceptors (Lipinski definition) is 2. The standard InChI is InChI=1S/C74H53NO/c1-73(2)67-42-55(53-29-25-46-13-5-7-15-50(46)39-53)31-35-61(67)63-37-33-58(44-69(63)73)75(57-18-11-17-52(41-57)48-23-27-49(28-24-48)60-20-12-21-66-65-19-9-10-22-71(65)76-72(60)66)59-34-38-64-62-36-32-56(43-68(62)74(3,4)70(64)45-59)54-30-26-47-14-6-8-16-51(47)40-54/h5-45H,1-4H3. The van der Waals surface area contributed by atoms with Crippen molar-refractivity contribution in [2.75, 3.05) is 4.90 Å². The van der Waals surface area contributed by atoms with E-state index in [1.54, 1.807) is 0 Å². The van der Waals surface area contributed by atoms with Gasteiger partial charge in [0.2, 0.25) is 0 Å². The van der Waals surface area contributed by atoms with Crippen LogP contribution in [0.2, 0.25) is 0 Å². The molecule has 76 heavy (non-hydrogen) atoms. The van der Waals surface area contributed by atoms with E-state index in [2.05, 4.69) is 275 Å². The van der Waals surface area contributed by atoms with Crippen molar-refractivity contribution in [3.05, 3.63) is 271 Å². The van der Waals surface area contributed by atoms with E-state index >= 15 is 0 Å². The summed E-state index contributed by atoms with van der Waals surface area (Å²) in [5.41, 5.74) is 24.8. The highest BCUT2D eigenvalue weighted by Gasteiger charge is 2.38. The normalized spacial score (nSPS) is 13.7. The molecule has 0 fully saturated rings. The molecule has 0 saturated heterocycles. The summed E-state index contributed by atoms with van der Waals surface area (Å²) in [6.45, 7) is 9.60. The Morgan fingerprint density at radius 3 is 1.29 bits per heavy atom. The van der Waals surface area contributed by atoms with Gasteiger partial charge in [0.05, 0.1) is 0 Å². The highest BCUT2D eigenvalue weighted by Crippen LogP contribution is 2.54. The van der Waals surface area contributed by atoms with Crippen LogP contribution in [0.5, 0.6) is 0 Å². The smallest absolute Gasteiger partial charge is 0.143 e. The Kier molecular flexibility index (Phi) is 9.69. The Morgan fingerprint density at radius 2 is 0.697 bits per heavy atom. The molecule has 0 radical (unpaired) electrons. The van der Waals surface area contributed by atoms with E-state index in [4.69, 9.17) is 4.42 Å². The molecule has 0 N–H and O–H groups in total. The molecular formula is C74H53NO. The van der Waals surface area contributed by atoms with Crippen LogP contribution in [0, 0.1) is 0 Å². The largest absolute Gasteiger partial charge is 0.455 e. The molecule has 0 bridgehead atoms. The maximum Gasteiger partial charge on any atom is 0.143 e. The first-order valence-electron chi connectivity index (χ1n) is 26.6. The van der Waals surface area contributed by atoms with Crippen molar-refractivity contribution < 1.29 is 4.42 Å². The third kappa shape index (κ3) is 6.87. The van der Waals surface area contributed by atoms with Gasteiger partial charge in [0.25, 0.3) is 0 Å². The summed E-state index contributed by atoms with van der Waals surface area (Å²) in [6.07, 6.45) is 0. The number of para-hydroxylation sites is 2. The number of furan rings is 1. The second-order valence-electron chi connectivity index (χ2n) is 22.1. The lowest BCUT2D eigenvalue weighted by molar-refractivity contribution is 0.660. The van der Waals surface area contributed by atoms with Crippen LogP contribution in [0.1, 0.15) is 49.9 Å². The minimum Gasteiger partial charge on any atom is -0.455 e. The first-order valence-corrected chi connectivity index (χ1v) is 26.6. The zero-order chi connectivity index (χ0) is 50.9. The van der Waals surface area contributed by atoms with E-state index in [-0.39, 0.29) is 10.8 Å². The van der Waals surface area contributed by atoms with Gasteiger partial charge in [0.15, 0.2) is 0 Å². The maximum atomic E-state index is 6.46. The Labute approximate surface area is 443 Å². The number of benzene rings is 12. The van der Waals surface area contributed by atoms with Crippen LogP contribution in [-0.4, -0.2) is 0 Å². The van der Waals surface area contributed by atoms with Gasteiger partial charge in [-0.2, -0.15) is 0 Å². The summed E-state index contributed by atoms with van der Waals surface area (Å²) in [5.74, 6) is 0. The molecule has 13 aromatic rings. The number of fused-ring (bicyclic) bond motifs is 11. The molecule has 360 valence electrons. The first-order chi connectivity index (χ1) is 37.1. The van der Waals surface area contributed by atoms with E-state index in [1.807, 2.05) is 6.07 Å². The van der Waals surface area contributed by atoms with Crippen molar-refractivity contribution in [3.63, 3.8) is 0 Å². The van der Waals surface area contributed by atoms with Gasteiger partial charge in [-0.25, -0.2) is 0 Å². The molecule has 0 atom stereocenters. The van der Waals surface area contributed by atoms with Gasteiger partial charge in [0, 0.05) is 44.2 Å². The van der Waals surface area contributed by atoms with Crippen LogP contribution in [0.3, 0.4) is 0 Å². The van der Waals surface area contributed by atoms with Gasteiger partial charge >= 0.3 is 0 Å². The molecule has 15 rings (SSSR count). The lowest BCUT2D eigenvalue weighted by Crippen LogP contribution is -2.18. The van der Waals surface area contributed by atoms with Gasteiger partial charge in [-0.05, 0) is 172 Å². The van der Waals surface area contributed by atoms with E-state index in [9.17, 15) is 0 Å². The predicted octanol–water partition coefficient (Wildman–Crippen LogP) is 20.6. The molecule has 0 unspecified atom stereocenters. The van der Waals surface area contributed by atoms with E-state index in [0.717, 1.165) is 61.3 Å². The van der Waals surface area contributed by atoms with Crippen LogP contribution >= 0.6 is 0 Å². The van der Waals surface area contributed by atoms with Gasteiger partial charge in [-0.3, -0.25) is 0 Å². The zero-order valence-corrected chi connectivity index (χ0v) is 43.0. The summed E-state index contributed by atoms with van der Waals surface area (Å²) in [7, 11) is 0. The number of hydrogen-bond donors (Lipinski definition) is 0. The fourth-order valence-electron chi connectivity index (χ4n) is 12.9. The molecule has 2 nitrogen and oxygen atoms in total. The predicted molar refractivity (Wildman–Crippen MR) is 320 cm³/mol. The summed E-state index contributed by atoms with van der Waals surface area (Å²) in [4.78, 5) is 2.49. The Bertz CT molecular complexity index is 4340. The molecule has 12 aromatic carbocycles. The molecule has 0 aliphatic heterocycles. The third-order valence-electron chi connectivity index (χ3n) is 17.0. The SMILES string of the molecule is CC1(C)c2cc(-c3ccc4ccccc4c3)ccc2-c2ccc(N(c3cccc(-c4ccc(-c5cccc6c5oc5ccccc56)cc4)c3)c3ccc4c(c3)C(C)(C)c3cc(-c5ccc6ccccc6c5)ccc3-4)cc21. The average Bonchev–Trinajstić information content (AvgIpc) is 4.05. The quantitative estimate of drug-likeness (QED) is 0.158. The first kappa shape index (κ1) is 44.3.